The van der Waals surface area contributed by atoms with Crippen molar-refractivity contribution in [2.45, 2.75) is 34.8 Å². The van der Waals surface area contributed by atoms with Crippen LogP contribution >= 0.6 is 50.5 Å². The Kier molecular flexibility index (Phi) is 7.48. The van der Waals surface area contributed by atoms with Crippen molar-refractivity contribution in [1.29, 1.82) is 0 Å². The SMILES string of the molecule is CCC(S)(S)COC(=O)OCC(S)(S)CC. The molecule has 0 saturated carbocycles. The highest BCUT2D eigenvalue weighted by Gasteiger charge is 2.23. The second-order valence-electron chi connectivity index (χ2n) is 3.50. The third kappa shape index (κ3) is 7.86. The summed E-state index contributed by atoms with van der Waals surface area (Å²) in [4.78, 5) is 11.2. The second-order valence-corrected chi connectivity index (χ2v) is 7.63. The van der Waals surface area contributed by atoms with Gasteiger partial charge >= 0.3 is 6.16 Å². The molecule has 0 aliphatic rings. The van der Waals surface area contributed by atoms with Crippen LogP contribution in [0.2, 0.25) is 0 Å². The van der Waals surface area contributed by atoms with Gasteiger partial charge in [-0.2, -0.15) is 50.5 Å². The van der Waals surface area contributed by atoms with E-state index in [2.05, 4.69) is 50.5 Å². The molecule has 0 fully saturated rings. The van der Waals surface area contributed by atoms with Gasteiger partial charge in [0.15, 0.2) is 0 Å². The highest BCUT2D eigenvalue weighted by atomic mass is 32.2. The highest BCUT2D eigenvalue weighted by Crippen LogP contribution is 2.25. The second kappa shape index (κ2) is 7.18. The van der Waals surface area contributed by atoms with E-state index in [1.54, 1.807) is 0 Å². The number of carbonyl (C=O) groups excluding carboxylic acids is 1. The van der Waals surface area contributed by atoms with Crippen LogP contribution in [0, 0.1) is 0 Å². The van der Waals surface area contributed by atoms with Crippen molar-refractivity contribution in [2.24, 2.45) is 0 Å². The van der Waals surface area contributed by atoms with Gasteiger partial charge < -0.3 is 9.47 Å². The van der Waals surface area contributed by atoms with Gasteiger partial charge in [0.2, 0.25) is 0 Å². The molecule has 3 nitrogen and oxygen atoms in total. The van der Waals surface area contributed by atoms with Gasteiger partial charge in [-0.25, -0.2) is 4.79 Å². The fourth-order valence-corrected chi connectivity index (χ4v) is 0.853. The van der Waals surface area contributed by atoms with E-state index in [0.717, 1.165) is 0 Å². The summed E-state index contributed by atoms with van der Waals surface area (Å²) in [6, 6.07) is 0. The standard InChI is InChI=1S/C9H18O3S4/c1-3-8(13,14)5-11-7(10)12-6-9(15,16)4-2/h13-16H,3-6H2,1-2H3. The van der Waals surface area contributed by atoms with E-state index < -0.39 is 14.3 Å². The molecule has 96 valence electrons. The van der Waals surface area contributed by atoms with Crippen LogP contribution in [0.4, 0.5) is 4.79 Å². The molecule has 0 aliphatic carbocycles. The molecule has 0 atom stereocenters. The van der Waals surface area contributed by atoms with E-state index in [1.807, 2.05) is 13.8 Å². The number of rotatable bonds is 6. The number of ether oxygens (including phenoxy) is 2. The summed E-state index contributed by atoms with van der Waals surface area (Å²) in [6.07, 6.45) is 0.594. The van der Waals surface area contributed by atoms with Crippen LogP contribution in [0.25, 0.3) is 0 Å². The Labute approximate surface area is 119 Å². The molecule has 0 bridgehead atoms. The molecule has 0 aromatic heterocycles. The Morgan fingerprint density at radius 3 is 1.50 bits per heavy atom. The third-order valence-corrected chi connectivity index (χ3v) is 3.76. The molecule has 0 aromatic carbocycles. The van der Waals surface area contributed by atoms with Crippen molar-refractivity contribution < 1.29 is 14.3 Å². The third-order valence-electron chi connectivity index (χ3n) is 1.97. The first-order valence-corrected chi connectivity index (χ1v) is 6.70. The van der Waals surface area contributed by atoms with E-state index in [1.165, 1.54) is 0 Å². The molecule has 0 aromatic rings. The first-order chi connectivity index (χ1) is 7.22. The van der Waals surface area contributed by atoms with Crippen molar-refractivity contribution in [1.82, 2.24) is 0 Å². The molecule has 0 rings (SSSR count). The first kappa shape index (κ1) is 16.7. The summed E-state index contributed by atoms with van der Waals surface area (Å²) in [6.45, 7) is 3.98. The smallest absolute Gasteiger partial charge is 0.432 e. The van der Waals surface area contributed by atoms with Crippen molar-refractivity contribution in [3.8, 4) is 0 Å². The summed E-state index contributed by atoms with van der Waals surface area (Å²) >= 11 is 16.8. The van der Waals surface area contributed by atoms with E-state index in [9.17, 15) is 4.79 Å². The molecular weight excluding hydrogens is 284 g/mol. The first-order valence-electron chi connectivity index (χ1n) is 4.91. The molecular formula is C9H18O3S4. The molecule has 0 unspecified atom stereocenters. The van der Waals surface area contributed by atoms with Gasteiger partial charge in [-0.1, -0.05) is 13.8 Å². The largest absolute Gasteiger partial charge is 0.508 e. The van der Waals surface area contributed by atoms with Crippen LogP contribution < -0.4 is 0 Å². The maximum absolute atomic E-state index is 11.2. The molecule has 0 heterocycles. The maximum Gasteiger partial charge on any atom is 0.508 e. The van der Waals surface area contributed by atoms with E-state index in [0.29, 0.717) is 12.8 Å². The summed E-state index contributed by atoms with van der Waals surface area (Å²) in [7, 11) is 0. The number of hydrogen-bond acceptors (Lipinski definition) is 7. The number of thiol groups is 4. The monoisotopic (exact) mass is 302 g/mol. The predicted octanol–water partition coefficient (Wildman–Crippen LogP) is 3.07. The Hall–Kier alpha value is 0.670. The van der Waals surface area contributed by atoms with Gasteiger partial charge in [0.05, 0.1) is 8.16 Å². The maximum atomic E-state index is 11.2. The minimum absolute atomic E-state index is 0.0901. The van der Waals surface area contributed by atoms with Crippen LogP contribution in [-0.2, 0) is 9.47 Å². The summed E-state index contributed by atoms with van der Waals surface area (Å²) < 4.78 is 8.47. The van der Waals surface area contributed by atoms with Crippen LogP contribution in [0.5, 0.6) is 0 Å². The van der Waals surface area contributed by atoms with Crippen molar-refractivity contribution in [3.05, 3.63) is 0 Å². The zero-order valence-electron chi connectivity index (χ0n) is 9.34. The lowest BCUT2D eigenvalue weighted by molar-refractivity contribution is 0.0525. The molecule has 0 saturated heterocycles. The Morgan fingerprint density at radius 2 is 1.25 bits per heavy atom. The quantitative estimate of drug-likeness (QED) is 0.346. The predicted molar refractivity (Wildman–Crippen MR) is 79.3 cm³/mol. The van der Waals surface area contributed by atoms with Crippen LogP contribution in [-0.4, -0.2) is 27.5 Å². The number of hydrogen-bond donors (Lipinski definition) is 4. The van der Waals surface area contributed by atoms with E-state index >= 15 is 0 Å². The lowest BCUT2D eigenvalue weighted by atomic mass is 10.3. The van der Waals surface area contributed by atoms with Crippen molar-refractivity contribution in [3.63, 3.8) is 0 Å². The summed E-state index contributed by atoms with van der Waals surface area (Å²) in [5.41, 5.74) is 0. The molecule has 0 spiro atoms. The minimum Gasteiger partial charge on any atom is -0.432 e. The van der Waals surface area contributed by atoms with Crippen LogP contribution in [0.3, 0.4) is 0 Å². The van der Waals surface area contributed by atoms with E-state index in [-0.39, 0.29) is 13.2 Å². The molecule has 0 aliphatic heterocycles. The summed E-state index contributed by atoms with van der Waals surface area (Å²) in [5.74, 6) is 0. The highest BCUT2D eigenvalue weighted by molar-refractivity contribution is 8.00. The molecule has 0 N–H and O–H groups in total. The van der Waals surface area contributed by atoms with Crippen molar-refractivity contribution >= 4 is 56.7 Å². The van der Waals surface area contributed by atoms with Gasteiger partial charge in [0, 0.05) is 0 Å². The van der Waals surface area contributed by atoms with E-state index in [4.69, 9.17) is 9.47 Å². The fraction of sp³-hybridized carbons (Fsp3) is 0.889. The number of carbonyl (C=O) groups is 1. The topological polar surface area (TPSA) is 35.5 Å². The van der Waals surface area contributed by atoms with Gasteiger partial charge in [-0.05, 0) is 12.8 Å². The lowest BCUT2D eigenvalue weighted by Gasteiger charge is -2.22. The molecule has 0 radical (unpaired) electrons. The van der Waals surface area contributed by atoms with Gasteiger partial charge in [-0.3, -0.25) is 0 Å². The fourth-order valence-electron chi connectivity index (χ4n) is 0.595. The minimum atomic E-state index is -0.748. The zero-order valence-corrected chi connectivity index (χ0v) is 12.9. The van der Waals surface area contributed by atoms with Gasteiger partial charge in [0.25, 0.3) is 0 Å². The molecule has 16 heavy (non-hydrogen) atoms. The average Bonchev–Trinajstić information content (AvgIpc) is 2.24. The Morgan fingerprint density at radius 1 is 0.938 bits per heavy atom. The molecule has 7 heteroatoms. The Balaban J connectivity index is 3.85. The van der Waals surface area contributed by atoms with Gasteiger partial charge in [-0.15, -0.1) is 0 Å². The lowest BCUT2D eigenvalue weighted by Crippen LogP contribution is -2.26. The Bertz CT molecular complexity index is 209. The van der Waals surface area contributed by atoms with Crippen LogP contribution in [0.15, 0.2) is 0 Å². The normalized spacial score (nSPS) is 12.4. The van der Waals surface area contributed by atoms with Gasteiger partial charge in [0.1, 0.15) is 13.2 Å². The van der Waals surface area contributed by atoms with Crippen molar-refractivity contribution in [2.75, 3.05) is 13.2 Å². The molecule has 0 amide bonds. The zero-order chi connectivity index (χ0) is 12.8. The van der Waals surface area contributed by atoms with Crippen LogP contribution in [0.1, 0.15) is 26.7 Å². The summed E-state index contributed by atoms with van der Waals surface area (Å²) in [5, 5.41) is 0. The average molecular weight is 303 g/mol.